The first-order chi connectivity index (χ1) is 12.0. The number of carboxylic acids is 1. The highest BCUT2D eigenvalue weighted by atomic mass is 16.4. The lowest BCUT2D eigenvalue weighted by molar-refractivity contribution is -0.139. The van der Waals surface area contributed by atoms with Crippen molar-refractivity contribution < 1.29 is 14.7 Å². The van der Waals surface area contributed by atoms with E-state index in [1.807, 2.05) is 4.90 Å². The zero-order valence-corrected chi connectivity index (χ0v) is 15.1. The summed E-state index contributed by atoms with van der Waals surface area (Å²) in [6.45, 7) is 5.63. The maximum Gasteiger partial charge on any atom is 0.307 e. The standard InChI is InChI=1S/C19H27N3O3/c1-3-12(2)22-16(13-4-5-13)14(11-20-22)17(23)21-8-6-19(7-9-21)10-15(19)18(24)25/h11-13,15H,3-10H2,1-2H3,(H,24,25). The maximum atomic E-state index is 13.1. The first-order valence-electron chi connectivity index (χ1n) is 9.56. The van der Waals surface area contributed by atoms with Gasteiger partial charge < -0.3 is 10.0 Å². The number of likely N-dealkylation sites (tertiary alicyclic amines) is 1. The molecule has 3 aliphatic rings. The molecular weight excluding hydrogens is 318 g/mol. The molecule has 2 aliphatic carbocycles. The van der Waals surface area contributed by atoms with E-state index in [4.69, 9.17) is 0 Å². The Kier molecular flexibility index (Phi) is 3.89. The van der Waals surface area contributed by atoms with E-state index < -0.39 is 5.97 Å². The maximum absolute atomic E-state index is 13.1. The number of carboxylic acid groups (broad SMARTS) is 1. The summed E-state index contributed by atoms with van der Waals surface area (Å²) < 4.78 is 2.05. The highest BCUT2D eigenvalue weighted by molar-refractivity contribution is 5.95. The number of carbonyl (C=O) groups excluding carboxylic acids is 1. The number of piperidine rings is 1. The van der Waals surface area contributed by atoms with Crippen molar-refractivity contribution >= 4 is 11.9 Å². The van der Waals surface area contributed by atoms with Gasteiger partial charge in [0.1, 0.15) is 0 Å². The summed E-state index contributed by atoms with van der Waals surface area (Å²) in [5.41, 5.74) is 1.85. The molecule has 1 saturated heterocycles. The van der Waals surface area contributed by atoms with Gasteiger partial charge in [0.05, 0.1) is 23.4 Å². The van der Waals surface area contributed by atoms with Crippen LogP contribution in [0.15, 0.2) is 6.20 Å². The van der Waals surface area contributed by atoms with Crippen molar-refractivity contribution in [2.45, 2.75) is 64.3 Å². The van der Waals surface area contributed by atoms with Crippen LogP contribution in [0, 0.1) is 11.3 Å². The fraction of sp³-hybridized carbons (Fsp3) is 0.737. The zero-order valence-electron chi connectivity index (χ0n) is 15.1. The molecule has 0 aromatic carbocycles. The summed E-state index contributed by atoms with van der Waals surface area (Å²) >= 11 is 0. The van der Waals surface area contributed by atoms with Crippen LogP contribution in [-0.4, -0.2) is 44.8 Å². The van der Waals surface area contributed by atoms with Crippen molar-refractivity contribution in [3.05, 3.63) is 17.5 Å². The number of nitrogens with zero attached hydrogens (tertiary/aromatic N) is 3. The van der Waals surface area contributed by atoms with Crippen LogP contribution in [0.4, 0.5) is 0 Å². The topological polar surface area (TPSA) is 75.4 Å². The Balaban J connectivity index is 1.49. The van der Waals surface area contributed by atoms with Gasteiger partial charge in [-0.15, -0.1) is 0 Å². The van der Waals surface area contributed by atoms with Gasteiger partial charge in [-0.2, -0.15) is 5.10 Å². The molecule has 3 fully saturated rings. The normalized spacial score (nSPS) is 25.8. The summed E-state index contributed by atoms with van der Waals surface area (Å²) in [6, 6.07) is 0.310. The molecule has 2 heterocycles. The number of hydrogen-bond donors (Lipinski definition) is 1. The minimum absolute atomic E-state index is 0.0388. The molecule has 1 spiro atoms. The number of aromatic nitrogens is 2. The van der Waals surface area contributed by atoms with Gasteiger partial charge in [0, 0.05) is 25.0 Å². The second-order valence-corrected chi connectivity index (χ2v) is 8.17. The molecule has 6 heteroatoms. The Morgan fingerprint density at radius 2 is 2.04 bits per heavy atom. The molecule has 136 valence electrons. The van der Waals surface area contributed by atoms with Crippen LogP contribution in [0.1, 0.15) is 80.4 Å². The Labute approximate surface area is 148 Å². The summed E-state index contributed by atoms with van der Waals surface area (Å²) in [5, 5.41) is 13.7. The molecule has 1 amide bonds. The van der Waals surface area contributed by atoms with Crippen molar-refractivity contribution in [3.63, 3.8) is 0 Å². The van der Waals surface area contributed by atoms with Crippen molar-refractivity contribution in [2.24, 2.45) is 11.3 Å². The third-order valence-corrected chi connectivity index (χ3v) is 6.57. The van der Waals surface area contributed by atoms with Crippen molar-refractivity contribution in [1.82, 2.24) is 14.7 Å². The van der Waals surface area contributed by atoms with E-state index in [0.29, 0.717) is 25.0 Å². The molecule has 25 heavy (non-hydrogen) atoms. The Bertz CT molecular complexity index is 699. The molecule has 2 atom stereocenters. The highest BCUT2D eigenvalue weighted by Gasteiger charge is 2.59. The van der Waals surface area contributed by atoms with E-state index >= 15 is 0 Å². The fourth-order valence-electron chi connectivity index (χ4n) is 4.40. The SMILES string of the molecule is CCC(C)n1ncc(C(=O)N2CCC3(CC2)CC3C(=O)O)c1C1CC1. The minimum atomic E-state index is -0.675. The predicted octanol–water partition coefficient (Wildman–Crippen LogP) is 3.06. The van der Waals surface area contributed by atoms with Crippen LogP contribution in [0.3, 0.4) is 0 Å². The average Bonchev–Trinajstić information content (AvgIpc) is 3.52. The largest absolute Gasteiger partial charge is 0.481 e. The molecule has 0 radical (unpaired) electrons. The second kappa shape index (κ2) is 5.85. The van der Waals surface area contributed by atoms with E-state index in [2.05, 4.69) is 23.6 Å². The van der Waals surface area contributed by atoms with E-state index in [1.165, 1.54) is 0 Å². The molecule has 2 saturated carbocycles. The van der Waals surface area contributed by atoms with Gasteiger partial charge in [0.2, 0.25) is 0 Å². The van der Waals surface area contributed by atoms with Gasteiger partial charge in [-0.3, -0.25) is 14.3 Å². The van der Waals surface area contributed by atoms with Crippen molar-refractivity contribution in [1.29, 1.82) is 0 Å². The van der Waals surface area contributed by atoms with Gasteiger partial charge in [0.25, 0.3) is 5.91 Å². The number of carbonyl (C=O) groups is 2. The Hall–Kier alpha value is -1.85. The van der Waals surface area contributed by atoms with E-state index in [-0.39, 0.29) is 17.2 Å². The second-order valence-electron chi connectivity index (χ2n) is 8.17. The lowest BCUT2D eigenvalue weighted by Gasteiger charge is -2.32. The predicted molar refractivity (Wildman–Crippen MR) is 92.5 cm³/mol. The summed E-state index contributed by atoms with van der Waals surface area (Å²) in [7, 11) is 0. The van der Waals surface area contributed by atoms with Crippen LogP contribution >= 0.6 is 0 Å². The van der Waals surface area contributed by atoms with E-state index in [9.17, 15) is 14.7 Å². The first-order valence-corrected chi connectivity index (χ1v) is 9.56. The van der Waals surface area contributed by atoms with Crippen LogP contribution in [0.25, 0.3) is 0 Å². The average molecular weight is 345 g/mol. The quantitative estimate of drug-likeness (QED) is 0.890. The molecule has 1 aromatic rings. The van der Waals surface area contributed by atoms with Gasteiger partial charge in [-0.25, -0.2) is 0 Å². The van der Waals surface area contributed by atoms with Gasteiger partial charge in [0.15, 0.2) is 0 Å². The highest BCUT2D eigenvalue weighted by Crippen LogP contribution is 2.59. The van der Waals surface area contributed by atoms with Crippen molar-refractivity contribution in [3.8, 4) is 0 Å². The smallest absolute Gasteiger partial charge is 0.307 e. The number of rotatable bonds is 5. The monoisotopic (exact) mass is 345 g/mol. The molecule has 1 N–H and O–H groups in total. The van der Waals surface area contributed by atoms with E-state index in [1.54, 1.807) is 6.20 Å². The fourth-order valence-corrected chi connectivity index (χ4v) is 4.40. The molecule has 6 nitrogen and oxygen atoms in total. The minimum Gasteiger partial charge on any atom is -0.481 e. The first kappa shape index (κ1) is 16.6. The third kappa shape index (κ3) is 2.75. The molecule has 0 bridgehead atoms. The molecule has 1 aliphatic heterocycles. The number of aliphatic carboxylic acids is 1. The van der Waals surface area contributed by atoms with Gasteiger partial charge in [-0.05, 0) is 50.9 Å². The summed E-state index contributed by atoms with van der Waals surface area (Å²) in [4.78, 5) is 26.2. The molecule has 2 unspecified atom stereocenters. The van der Waals surface area contributed by atoms with Gasteiger partial charge >= 0.3 is 5.97 Å². The molecular formula is C19H27N3O3. The number of amides is 1. The Morgan fingerprint density at radius 1 is 1.36 bits per heavy atom. The van der Waals surface area contributed by atoms with Crippen molar-refractivity contribution in [2.75, 3.05) is 13.1 Å². The Morgan fingerprint density at radius 3 is 2.56 bits per heavy atom. The third-order valence-electron chi connectivity index (χ3n) is 6.57. The molecule has 1 aromatic heterocycles. The zero-order chi connectivity index (χ0) is 17.8. The lowest BCUT2D eigenvalue weighted by atomic mass is 9.90. The van der Waals surface area contributed by atoms with E-state index in [0.717, 1.165) is 49.8 Å². The lowest BCUT2D eigenvalue weighted by Crippen LogP contribution is -2.40. The van der Waals surface area contributed by atoms with Crippen LogP contribution in [0.5, 0.6) is 0 Å². The molecule has 4 rings (SSSR count). The van der Waals surface area contributed by atoms with Gasteiger partial charge in [-0.1, -0.05) is 6.92 Å². The van der Waals surface area contributed by atoms with Crippen LogP contribution in [-0.2, 0) is 4.79 Å². The van der Waals surface area contributed by atoms with Crippen LogP contribution in [0.2, 0.25) is 0 Å². The number of hydrogen-bond acceptors (Lipinski definition) is 3. The summed E-state index contributed by atoms with van der Waals surface area (Å²) in [6.07, 6.45) is 7.45. The van der Waals surface area contributed by atoms with Crippen LogP contribution < -0.4 is 0 Å². The summed E-state index contributed by atoms with van der Waals surface area (Å²) in [5.74, 6) is -0.309.